The number of nitrogens with zero attached hydrogens (tertiary/aromatic N) is 1. The van der Waals surface area contributed by atoms with Gasteiger partial charge < -0.3 is 9.64 Å². The molecule has 114 valence electrons. The van der Waals surface area contributed by atoms with Crippen LogP contribution in [0.5, 0.6) is 5.75 Å². The maximum absolute atomic E-state index is 12.9. The minimum Gasteiger partial charge on any atom is -0.492 e. The van der Waals surface area contributed by atoms with E-state index in [9.17, 15) is 4.79 Å². The van der Waals surface area contributed by atoms with Crippen molar-refractivity contribution >= 4 is 21.8 Å². The predicted molar refractivity (Wildman–Crippen MR) is 86.9 cm³/mol. The van der Waals surface area contributed by atoms with Crippen molar-refractivity contribution in [3.63, 3.8) is 0 Å². The quantitative estimate of drug-likeness (QED) is 0.781. The molecule has 4 heteroatoms. The number of carbonyl (C=O) groups is 1. The molecule has 0 N–H and O–H groups in total. The van der Waals surface area contributed by atoms with Crippen LogP contribution in [-0.4, -0.2) is 35.3 Å². The first kappa shape index (κ1) is 14.9. The molecule has 1 aromatic carbocycles. The standard InChI is InChI=1S/C17H22BrNO2/c18-9-8-15-6-3-4-10-19(15)17(20)14-11-13-5-1-2-7-16(13)21-12-14/h1-2,5,7,14-15H,3-4,6,8-12H2. The van der Waals surface area contributed by atoms with Crippen LogP contribution in [0.1, 0.15) is 31.2 Å². The average molecular weight is 352 g/mol. The van der Waals surface area contributed by atoms with E-state index in [0.29, 0.717) is 12.6 Å². The van der Waals surface area contributed by atoms with Crippen LogP contribution >= 0.6 is 15.9 Å². The molecule has 0 radical (unpaired) electrons. The average Bonchev–Trinajstić information content (AvgIpc) is 2.54. The molecular weight excluding hydrogens is 330 g/mol. The Bertz CT molecular complexity index is 503. The normalized spacial score (nSPS) is 25.1. The summed E-state index contributed by atoms with van der Waals surface area (Å²) in [7, 11) is 0. The summed E-state index contributed by atoms with van der Waals surface area (Å²) < 4.78 is 5.79. The number of amides is 1. The van der Waals surface area contributed by atoms with Gasteiger partial charge in [-0.2, -0.15) is 0 Å². The molecule has 2 atom stereocenters. The highest BCUT2D eigenvalue weighted by Gasteiger charge is 2.33. The lowest BCUT2D eigenvalue weighted by molar-refractivity contribution is -0.140. The van der Waals surface area contributed by atoms with Crippen molar-refractivity contribution in [2.24, 2.45) is 5.92 Å². The van der Waals surface area contributed by atoms with Gasteiger partial charge in [0.1, 0.15) is 12.4 Å². The zero-order chi connectivity index (χ0) is 14.7. The Kier molecular flexibility index (Phi) is 4.84. The Morgan fingerprint density at radius 1 is 1.33 bits per heavy atom. The van der Waals surface area contributed by atoms with Crippen molar-refractivity contribution in [3.05, 3.63) is 29.8 Å². The van der Waals surface area contributed by atoms with Crippen LogP contribution in [0.3, 0.4) is 0 Å². The van der Waals surface area contributed by atoms with E-state index in [1.165, 1.54) is 6.42 Å². The maximum atomic E-state index is 12.9. The SMILES string of the molecule is O=C(C1COc2ccccc2C1)N1CCCCC1CCBr. The zero-order valence-corrected chi connectivity index (χ0v) is 13.8. The van der Waals surface area contributed by atoms with Gasteiger partial charge in [-0.3, -0.25) is 4.79 Å². The first-order chi connectivity index (χ1) is 10.3. The fourth-order valence-electron chi connectivity index (χ4n) is 3.44. The molecule has 0 aliphatic carbocycles. The minimum absolute atomic E-state index is 0.0178. The number of fused-ring (bicyclic) bond motifs is 1. The van der Waals surface area contributed by atoms with E-state index in [2.05, 4.69) is 26.9 Å². The second-order valence-corrected chi connectivity index (χ2v) is 6.77. The molecule has 2 heterocycles. The van der Waals surface area contributed by atoms with E-state index >= 15 is 0 Å². The van der Waals surface area contributed by atoms with Crippen LogP contribution in [0.2, 0.25) is 0 Å². The summed E-state index contributed by atoms with van der Waals surface area (Å²) in [5, 5.41) is 0.964. The number of hydrogen-bond acceptors (Lipinski definition) is 2. The van der Waals surface area contributed by atoms with E-state index in [1.807, 2.05) is 18.2 Å². The molecule has 2 aliphatic heterocycles. The molecule has 1 saturated heterocycles. The summed E-state index contributed by atoms with van der Waals surface area (Å²) in [6.07, 6.45) is 5.38. The van der Waals surface area contributed by atoms with Crippen molar-refractivity contribution < 1.29 is 9.53 Å². The van der Waals surface area contributed by atoms with Gasteiger partial charge >= 0.3 is 0 Å². The van der Waals surface area contributed by atoms with Gasteiger partial charge in [0.05, 0.1) is 5.92 Å². The van der Waals surface area contributed by atoms with Gasteiger partial charge in [0.2, 0.25) is 5.91 Å². The highest BCUT2D eigenvalue weighted by molar-refractivity contribution is 9.09. The summed E-state index contributed by atoms with van der Waals surface area (Å²) in [6, 6.07) is 8.47. The van der Waals surface area contributed by atoms with Crippen molar-refractivity contribution in [3.8, 4) is 5.75 Å². The van der Waals surface area contributed by atoms with Gasteiger partial charge in [-0.05, 0) is 43.7 Å². The molecule has 3 nitrogen and oxygen atoms in total. The third kappa shape index (κ3) is 3.25. The van der Waals surface area contributed by atoms with Crippen molar-refractivity contribution in [2.75, 3.05) is 18.5 Å². The number of carbonyl (C=O) groups excluding carboxylic acids is 1. The molecule has 21 heavy (non-hydrogen) atoms. The highest BCUT2D eigenvalue weighted by Crippen LogP contribution is 2.30. The number of rotatable bonds is 3. The summed E-state index contributed by atoms with van der Waals surface area (Å²) >= 11 is 3.52. The van der Waals surface area contributed by atoms with Gasteiger partial charge in [-0.1, -0.05) is 34.1 Å². The number of alkyl halides is 1. The number of ether oxygens (including phenoxy) is 1. The van der Waals surface area contributed by atoms with E-state index in [0.717, 1.165) is 48.9 Å². The molecule has 1 amide bonds. The lowest BCUT2D eigenvalue weighted by atomic mass is 9.92. The van der Waals surface area contributed by atoms with E-state index in [1.54, 1.807) is 0 Å². The molecule has 0 spiro atoms. The summed E-state index contributed by atoms with van der Waals surface area (Å²) in [4.78, 5) is 15.0. The van der Waals surface area contributed by atoms with Crippen LogP contribution in [0.15, 0.2) is 24.3 Å². The first-order valence-electron chi connectivity index (χ1n) is 7.86. The number of benzene rings is 1. The van der Waals surface area contributed by atoms with Gasteiger partial charge in [0, 0.05) is 17.9 Å². The maximum Gasteiger partial charge on any atom is 0.229 e. The lowest BCUT2D eigenvalue weighted by Gasteiger charge is -2.38. The Morgan fingerprint density at radius 3 is 3.05 bits per heavy atom. The highest BCUT2D eigenvalue weighted by atomic mass is 79.9. The smallest absolute Gasteiger partial charge is 0.229 e. The third-order valence-corrected chi connectivity index (χ3v) is 5.04. The molecule has 0 aromatic heterocycles. The summed E-state index contributed by atoms with van der Waals surface area (Å²) in [6.45, 7) is 1.43. The second-order valence-electron chi connectivity index (χ2n) is 5.98. The summed E-state index contributed by atoms with van der Waals surface area (Å²) in [5.41, 5.74) is 1.16. The molecule has 0 bridgehead atoms. The molecule has 2 aliphatic rings. The molecule has 3 rings (SSSR count). The van der Waals surface area contributed by atoms with Crippen LogP contribution < -0.4 is 4.74 Å². The third-order valence-electron chi connectivity index (χ3n) is 4.58. The van der Waals surface area contributed by atoms with Crippen molar-refractivity contribution in [2.45, 2.75) is 38.1 Å². The molecular formula is C17H22BrNO2. The lowest BCUT2D eigenvalue weighted by Crippen LogP contribution is -2.48. The van der Waals surface area contributed by atoms with Gasteiger partial charge in [-0.15, -0.1) is 0 Å². The molecule has 0 saturated carbocycles. The predicted octanol–water partition coefficient (Wildman–Crippen LogP) is 3.40. The number of para-hydroxylation sites is 1. The van der Waals surface area contributed by atoms with Crippen LogP contribution in [0, 0.1) is 5.92 Å². The topological polar surface area (TPSA) is 29.5 Å². The fourth-order valence-corrected chi connectivity index (χ4v) is 3.97. The number of likely N-dealkylation sites (tertiary alicyclic amines) is 1. The van der Waals surface area contributed by atoms with Crippen LogP contribution in [0.4, 0.5) is 0 Å². The van der Waals surface area contributed by atoms with E-state index < -0.39 is 0 Å². The largest absolute Gasteiger partial charge is 0.492 e. The number of halogens is 1. The van der Waals surface area contributed by atoms with Crippen LogP contribution in [-0.2, 0) is 11.2 Å². The second kappa shape index (κ2) is 6.82. The van der Waals surface area contributed by atoms with E-state index in [-0.39, 0.29) is 11.8 Å². The van der Waals surface area contributed by atoms with Gasteiger partial charge in [0.15, 0.2) is 0 Å². The van der Waals surface area contributed by atoms with Gasteiger partial charge in [-0.25, -0.2) is 0 Å². The van der Waals surface area contributed by atoms with Crippen molar-refractivity contribution in [1.29, 1.82) is 0 Å². The van der Waals surface area contributed by atoms with Crippen molar-refractivity contribution in [1.82, 2.24) is 4.90 Å². The number of piperidine rings is 1. The molecule has 2 unspecified atom stereocenters. The molecule has 1 aromatic rings. The van der Waals surface area contributed by atoms with E-state index in [4.69, 9.17) is 4.74 Å². The zero-order valence-electron chi connectivity index (χ0n) is 12.3. The Labute approximate surface area is 134 Å². The van der Waals surface area contributed by atoms with Gasteiger partial charge in [0.25, 0.3) is 0 Å². The number of hydrogen-bond donors (Lipinski definition) is 0. The summed E-state index contributed by atoms with van der Waals surface area (Å²) in [5.74, 6) is 1.21. The minimum atomic E-state index is -0.0178. The first-order valence-corrected chi connectivity index (χ1v) is 8.99. The van der Waals surface area contributed by atoms with Crippen LogP contribution in [0.25, 0.3) is 0 Å². The monoisotopic (exact) mass is 351 g/mol. The Morgan fingerprint density at radius 2 is 2.19 bits per heavy atom. The molecule has 1 fully saturated rings. The fraction of sp³-hybridized carbons (Fsp3) is 0.588. The Balaban J connectivity index is 1.70. The Hall–Kier alpha value is -1.03.